The fraction of sp³-hybridized carbons (Fsp3) is 0.286. The average molecular weight is 164 g/mol. The summed E-state index contributed by atoms with van der Waals surface area (Å²) >= 11 is 0. The highest BCUT2D eigenvalue weighted by Crippen LogP contribution is 1.99. The molecule has 0 bridgehead atoms. The van der Waals surface area contributed by atoms with E-state index in [2.05, 4.69) is 15.1 Å². The molecule has 12 heavy (non-hydrogen) atoms. The monoisotopic (exact) mass is 164 g/mol. The molecule has 5 heteroatoms. The molecule has 0 radical (unpaired) electrons. The predicted molar refractivity (Wildman–Crippen MR) is 43.1 cm³/mol. The molecule has 0 aliphatic heterocycles. The first-order valence-corrected chi connectivity index (χ1v) is 3.59. The zero-order valence-electron chi connectivity index (χ0n) is 6.83. The molecule has 2 aromatic heterocycles. The molecule has 0 saturated heterocycles. The van der Waals surface area contributed by atoms with Crippen molar-refractivity contribution in [2.45, 2.75) is 13.8 Å². The number of aryl methyl sites for hydroxylation is 1. The van der Waals surface area contributed by atoms with Crippen LogP contribution in [0.25, 0.3) is 5.78 Å². The van der Waals surface area contributed by atoms with Crippen molar-refractivity contribution in [3.8, 4) is 0 Å². The van der Waals surface area contributed by atoms with Gasteiger partial charge in [-0.05, 0) is 13.8 Å². The molecule has 0 atom stereocenters. The van der Waals surface area contributed by atoms with Crippen LogP contribution in [0.5, 0.6) is 0 Å². The number of fused-ring (bicyclic) bond motifs is 1. The zero-order chi connectivity index (χ0) is 8.72. The summed E-state index contributed by atoms with van der Waals surface area (Å²) in [5.74, 6) is 0.489. The summed E-state index contributed by atoms with van der Waals surface area (Å²) in [6.07, 6.45) is 1.41. The number of hydrogen-bond acceptors (Lipinski definition) is 3. The van der Waals surface area contributed by atoms with E-state index in [1.807, 2.05) is 6.92 Å². The maximum absolute atomic E-state index is 11.2. The molecule has 2 aromatic rings. The number of nitrogens with zero attached hydrogens (tertiary/aromatic N) is 3. The van der Waals surface area contributed by atoms with Gasteiger partial charge in [-0.15, -0.1) is 0 Å². The van der Waals surface area contributed by atoms with Crippen LogP contribution in [0.1, 0.15) is 11.3 Å². The number of aromatic amines is 1. The summed E-state index contributed by atoms with van der Waals surface area (Å²) < 4.78 is 1.61. The number of nitrogens with one attached hydrogen (secondary N) is 1. The highest BCUT2D eigenvalue weighted by atomic mass is 16.1. The molecular weight excluding hydrogens is 156 g/mol. The lowest BCUT2D eigenvalue weighted by atomic mass is 10.3. The number of rotatable bonds is 0. The van der Waals surface area contributed by atoms with E-state index < -0.39 is 0 Å². The van der Waals surface area contributed by atoms with Crippen LogP contribution in [-0.4, -0.2) is 19.6 Å². The Hall–Kier alpha value is -1.65. The van der Waals surface area contributed by atoms with E-state index in [9.17, 15) is 4.79 Å². The maximum atomic E-state index is 11.2. The summed E-state index contributed by atoms with van der Waals surface area (Å²) in [7, 11) is 0. The van der Waals surface area contributed by atoms with Gasteiger partial charge in [-0.2, -0.15) is 10.1 Å². The van der Waals surface area contributed by atoms with E-state index in [-0.39, 0.29) is 5.56 Å². The Morgan fingerprint density at radius 2 is 2.25 bits per heavy atom. The molecule has 2 rings (SSSR count). The minimum absolute atomic E-state index is 0.104. The van der Waals surface area contributed by atoms with Gasteiger partial charge in [0.15, 0.2) is 0 Å². The fourth-order valence-electron chi connectivity index (χ4n) is 1.09. The first-order valence-electron chi connectivity index (χ1n) is 3.59. The van der Waals surface area contributed by atoms with Crippen LogP contribution < -0.4 is 5.56 Å². The summed E-state index contributed by atoms with van der Waals surface area (Å²) in [6.45, 7) is 3.60. The number of aromatic nitrogens is 4. The van der Waals surface area contributed by atoms with Crippen molar-refractivity contribution in [3.05, 3.63) is 27.9 Å². The lowest BCUT2D eigenvalue weighted by Gasteiger charge is -1.99. The second-order valence-corrected chi connectivity index (χ2v) is 2.66. The minimum Gasteiger partial charge on any atom is -0.291 e. The molecule has 0 spiro atoms. The maximum Gasteiger partial charge on any atom is 0.255 e. The second kappa shape index (κ2) is 2.17. The zero-order valence-corrected chi connectivity index (χ0v) is 6.83. The van der Waals surface area contributed by atoms with Crippen LogP contribution in [0.4, 0.5) is 0 Å². The van der Waals surface area contributed by atoms with Gasteiger partial charge in [-0.3, -0.25) is 9.78 Å². The van der Waals surface area contributed by atoms with Crippen molar-refractivity contribution >= 4 is 5.78 Å². The quantitative estimate of drug-likeness (QED) is 0.597. The molecular formula is C7H8N4O. The Morgan fingerprint density at radius 1 is 1.50 bits per heavy atom. The van der Waals surface area contributed by atoms with E-state index in [0.717, 1.165) is 5.69 Å². The Bertz CT molecular complexity index is 482. The molecule has 0 amide bonds. The van der Waals surface area contributed by atoms with Crippen LogP contribution in [0, 0.1) is 13.8 Å². The van der Waals surface area contributed by atoms with Crippen LogP contribution in [0.2, 0.25) is 0 Å². The Kier molecular flexibility index (Phi) is 1.27. The number of hydrogen-bond donors (Lipinski definition) is 1. The molecule has 5 nitrogen and oxygen atoms in total. The van der Waals surface area contributed by atoms with Gasteiger partial charge in [0.2, 0.25) is 5.78 Å². The molecule has 0 saturated carbocycles. The molecule has 0 fully saturated rings. The fourth-order valence-corrected chi connectivity index (χ4v) is 1.09. The van der Waals surface area contributed by atoms with Crippen molar-refractivity contribution in [1.29, 1.82) is 0 Å². The summed E-state index contributed by atoms with van der Waals surface area (Å²) in [5, 5.41) is 3.96. The highest BCUT2D eigenvalue weighted by molar-refractivity contribution is 5.30. The lowest BCUT2D eigenvalue weighted by molar-refractivity contribution is 0.870. The van der Waals surface area contributed by atoms with Gasteiger partial charge in [0.05, 0.1) is 5.69 Å². The Labute approximate surface area is 68.1 Å². The van der Waals surface area contributed by atoms with Gasteiger partial charge < -0.3 is 0 Å². The topological polar surface area (TPSA) is 63.1 Å². The predicted octanol–water partition coefficient (Wildman–Crippen LogP) is 0.0344. The van der Waals surface area contributed by atoms with Crippen molar-refractivity contribution in [3.63, 3.8) is 0 Å². The average Bonchev–Trinajstić information content (AvgIpc) is 2.48. The molecule has 1 N–H and O–H groups in total. The SMILES string of the molecule is Cc1c(C)n2ncnc2[nH]c1=O. The first kappa shape index (κ1) is 7.02. The Morgan fingerprint density at radius 3 is 3.00 bits per heavy atom. The van der Waals surface area contributed by atoms with Gasteiger partial charge in [-0.1, -0.05) is 0 Å². The van der Waals surface area contributed by atoms with E-state index in [1.165, 1.54) is 6.33 Å². The van der Waals surface area contributed by atoms with E-state index in [1.54, 1.807) is 11.4 Å². The smallest absolute Gasteiger partial charge is 0.255 e. The van der Waals surface area contributed by atoms with Gasteiger partial charge in [-0.25, -0.2) is 4.52 Å². The standard InChI is InChI=1S/C7H8N4O/c1-4-5(2)11-7(8-3-9-11)10-6(4)12/h3H,1-2H3,(H,8,9,10,12). The minimum atomic E-state index is -0.104. The molecule has 0 unspecified atom stereocenters. The molecule has 2 heterocycles. The Balaban J connectivity index is 3.04. The van der Waals surface area contributed by atoms with Crippen LogP contribution >= 0.6 is 0 Å². The van der Waals surface area contributed by atoms with Gasteiger partial charge in [0, 0.05) is 5.56 Å². The van der Waals surface area contributed by atoms with Gasteiger partial charge in [0.25, 0.3) is 5.56 Å². The summed E-state index contributed by atoms with van der Waals surface area (Å²) in [6, 6.07) is 0. The van der Waals surface area contributed by atoms with E-state index in [0.29, 0.717) is 11.3 Å². The van der Waals surface area contributed by atoms with Crippen molar-refractivity contribution in [2.24, 2.45) is 0 Å². The third kappa shape index (κ3) is 0.761. The third-order valence-electron chi connectivity index (χ3n) is 1.97. The van der Waals surface area contributed by atoms with Crippen molar-refractivity contribution in [1.82, 2.24) is 19.6 Å². The van der Waals surface area contributed by atoms with Crippen molar-refractivity contribution in [2.75, 3.05) is 0 Å². The van der Waals surface area contributed by atoms with Gasteiger partial charge in [0.1, 0.15) is 6.33 Å². The third-order valence-corrected chi connectivity index (χ3v) is 1.97. The molecule has 0 aromatic carbocycles. The van der Waals surface area contributed by atoms with Gasteiger partial charge >= 0.3 is 0 Å². The molecule has 0 aliphatic rings. The largest absolute Gasteiger partial charge is 0.291 e. The normalized spacial score (nSPS) is 10.8. The summed E-state index contributed by atoms with van der Waals surface area (Å²) in [5.41, 5.74) is 1.40. The highest BCUT2D eigenvalue weighted by Gasteiger charge is 2.04. The van der Waals surface area contributed by atoms with Crippen molar-refractivity contribution < 1.29 is 0 Å². The van der Waals surface area contributed by atoms with Crippen LogP contribution in [0.15, 0.2) is 11.1 Å². The first-order chi connectivity index (χ1) is 5.70. The number of H-pyrrole nitrogens is 1. The van der Waals surface area contributed by atoms with E-state index in [4.69, 9.17) is 0 Å². The van der Waals surface area contributed by atoms with Crippen LogP contribution in [0.3, 0.4) is 0 Å². The summed E-state index contributed by atoms with van der Waals surface area (Å²) in [4.78, 5) is 17.7. The lowest BCUT2D eigenvalue weighted by Crippen LogP contribution is -2.15. The molecule has 0 aliphatic carbocycles. The van der Waals surface area contributed by atoms with E-state index >= 15 is 0 Å². The second-order valence-electron chi connectivity index (χ2n) is 2.66. The van der Waals surface area contributed by atoms with Crippen LogP contribution in [-0.2, 0) is 0 Å². The molecule has 62 valence electrons.